The third-order valence-electron chi connectivity index (χ3n) is 4.47. The molecule has 1 aliphatic rings. The van der Waals surface area contributed by atoms with E-state index in [9.17, 15) is 20.1 Å². The van der Waals surface area contributed by atoms with E-state index in [1.54, 1.807) is 0 Å². The van der Waals surface area contributed by atoms with E-state index in [-0.39, 0.29) is 43.1 Å². The quantitative estimate of drug-likeness (QED) is 0.217. The topological polar surface area (TPSA) is 96.2 Å². The summed E-state index contributed by atoms with van der Waals surface area (Å²) in [6.45, 7) is 1.98. The zero-order chi connectivity index (χ0) is 17.8. The first-order chi connectivity index (χ1) is 11.6. The molecule has 0 amide bonds. The number of aliphatic hydroxyl groups excluding tert-OH is 3. The molecular formula is C18H34O6Sn. The minimum atomic E-state index is -1.14. The van der Waals surface area contributed by atoms with Gasteiger partial charge in [-0.05, 0) is 6.42 Å². The molecular weight excluding hydrogens is 431 g/mol. The predicted molar refractivity (Wildman–Crippen MR) is 96.3 cm³/mol. The molecule has 0 aromatic rings. The van der Waals surface area contributed by atoms with Gasteiger partial charge in [0.1, 0.15) is 31.0 Å². The normalized spacial score (nSPS) is 23.9. The third kappa shape index (κ3) is 10.8. The van der Waals surface area contributed by atoms with E-state index in [0.717, 1.165) is 19.3 Å². The van der Waals surface area contributed by atoms with Gasteiger partial charge in [0, 0.05) is 30.3 Å². The van der Waals surface area contributed by atoms with Crippen LogP contribution < -0.4 is 0 Å². The number of hydrogen-bond acceptors (Lipinski definition) is 6. The monoisotopic (exact) mass is 466 g/mol. The second-order valence-electron chi connectivity index (χ2n) is 6.68. The first-order valence-electron chi connectivity index (χ1n) is 9.37. The van der Waals surface area contributed by atoms with Crippen molar-refractivity contribution in [3.8, 4) is 0 Å². The fourth-order valence-electron chi connectivity index (χ4n) is 2.89. The molecule has 4 radical (unpaired) electrons. The first kappa shape index (κ1) is 25.1. The summed E-state index contributed by atoms with van der Waals surface area (Å²) in [5, 5.41) is 28.8. The Labute approximate surface area is 168 Å². The number of aliphatic hydroxyl groups is 3. The van der Waals surface area contributed by atoms with Crippen LogP contribution in [0, 0.1) is 0 Å². The molecule has 0 saturated carbocycles. The fourth-order valence-corrected chi connectivity index (χ4v) is 2.89. The van der Waals surface area contributed by atoms with Crippen molar-refractivity contribution in [3.05, 3.63) is 0 Å². The summed E-state index contributed by atoms with van der Waals surface area (Å²) >= 11 is 0. The summed E-state index contributed by atoms with van der Waals surface area (Å²) in [6.07, 6.45) is 6.84. The van der Waals surface area contributed by atoms with Gasteiger partial charge in [-0.25, -0.2) is 0 Å². The van der Waals surface area contributed by atoms with Gasteiger partial charge in [-0.1, -0.05) is 58.3 Å². The molecule has 0 aromatic carbocycles. The summed E-state index contributed by atoms with van der Waals surface area (Å²) in [4.78, 5) is 11.6. The summed E-state index contributed by atoms with van der Waals surface area (Å²) in [7, 11) is 0. The summed E-state index contributed by atoms with van der Waals surface area (Å²) in [5.74, 6) is -0.343. The second-order valence-corrected chi connectivity index (χ2v) is 6.68. The van der Waals surface area contributed by atoms with Crippen molar-refractivity contribution >= 4 is 29.9 Å². The van der Waals surface area contributed by atoms with E-state index in [1.807, 2.05) is 0 Å². The second kappa shape index (κ2) is 15.2. The zero-order valence-electron chi connectivity index (χ0n) is 15.4. The number of ether oxygens (including phenoxy) is 2. The van der Waals surface area contributed by atoms with Crippen LogP contribution in [-0.2, 0) is 14.3 Å². The number of carbonyl (C=O) groups excluding carboxylic acids is 1. The molecule has 1 heterocycles. The van der Waals surface area contributed by atoms with Crippen LogP contribution in [0.4, 0.5) is 0 Å². The molecule has 146 valence electrons. The van der Waals surface area contributed by atoms with Crippen LogP contribution in [0.3, 0.4) is 0 Å². The summed E-state index contributed by atoms with van der Waals surface area (Å²) < 4.78 is 10.1. The molecule has 1 saturated heterocycles. The molecule has 3 N–H and O–H groups in total. The summed E-state index contributed by atoms with van der Waals surface area (Å²) in [6, 6.07) is 0. The van der Waals surface area contributed by atoms with E-state index in [1.165, 1.54) is 38.5 Å². The maximum absolute atomic E-state index is 11.6. The average Bonchev–Trinajstić information content (AvgIpc) is 2.90. The Morgan fingerprint density at radius 2 is 1.64 bits per heavy atom. The largest absolute Gasteiger partial charge is 0.463 e. The number of unbranched alkanes of at least 4 members (excludes halogenated alkanes) is 8. The predicted octanol–water partition coefficient (Wildman–Crippen LogP) is 1.55. The van der Waals surface area contributed by atoms with Crippen LogP contribution in [0.25, 0.3) is 0 Å². The molecule has 4 atom stereocenters. The van der Waals surface area contributed by atoms with Crippen molar-refractivity contribution in [1.82, 2.24) is 0 Å². The smallest absolute Gasteiger partial charge is 0.305 e. The van der Waals surface area contributed by atoms with Gasteiger partial charge in [0.2, 0.25) is 0 Å². The van der Waals surface area contributed by atoms with Crippen LogP contribution in [-0.4, -0.2) is 82.8 Å². The van der Waals surface area contributed by atoms with Crippen LogP contribution in [0.1, 0.15) is 71.1 Å². The van der Waals surface area contributed by atoms with Gasteiger partial charge in [0.15, 0.2) is 0 Å². The van der Waals surface area contributed by atoms with Crippen molar-refractivity contribution < 1.29 is 29.6 Å². The SMILES string of the molecule is CCCCCCCCCCCC(=O)OC[C@@H](O)[C@H]1OC[C@H](O)[C@H]1O.[Sn]. The molecule has 0 bridgehead atoms. The average molecular weight is 465 g/mol. The van der Waals surface area contributed by atoms with Gasteiger partial charge in [0.25, 0.3) is 0 Å². The van der Waals surface area contributed by atoms with Gasteiger partial charge in [-0.3, -0.25) is 4.79 Å². The van der Waals surface area contributed by atoms with Crippen LogP contribution in [0.15, 0.2) is 0 Å². The van der Waals surface area contributed by atoms with Gasteiger partial charge in [0.05, 0.1) is 6.61 Å². The molecule has 7 heteroatoms. The molecule has 25 heavy (non-hydrogen) atoms. The van der Waals surface area contributed by atoms with Crippen LogP contribution in [0.2, 0.25) is 0 Å². The fraction of sp³-hybridized carbons (Fsp3) is 0.944. The standard InChI is InChI=1S/C18H34O6.Sn/c1-2-3-4-5-6-7-8-9-10-11-16(21)23-13-15(20)18-17(22)14(19)12-24-18;/h14-15,17-20,22H,2-13H2,1H3;/t14-,15+,17+,18+;/m0./s1. The van der Waals surface area contributed by atoms with Crippen molar-refractivity contribution in [3.63, 3.8) is 0 Å². The Morgan fingerprint density at radius 1 is 1.08 bits per heavy atom. The van der Waals surface area contributed by atoms with Crippen LogP contribution in [0.5, 0.6) is 0 Å². The Kier molecular flexibility index (Phi) is 15.3. The maximum atomic E-state index is 11.6. The number of carbonyl (C=O) groups is 1. The van der Waals surface area contributed by atoms with Crippen molar-refractivity contribution in [1.29, 1.82) is 0 Å². The molecule has 1 rings (SSSR count). The van der Waals surface area contributed by atoms with E-state index < -0.39 is 24.4 Å². The number of esters is 1. The first-order valence-corrected chi connectivity index (χ1v) is 9.37. The van der Waals surface area contributed by atoms with Gasteiger partial charge >= 0.3 is 5.97 Å². The van der Waals surface area contributed by atoms with Crippen LogP contribution >= 0.6 is 0 Å². The molecule has 0 aromatic heterocycles. The Bertz CT molecular complexity index is 342. The van der Waals surface area contributed by atoms with Crippen molar-refractivity contribution in [2.75, 3.05) is 13.2 Å². The van der Waals surface area contributed by atoms with E-state index >= 15 is 0 Å². The Balaban J connectivity index is 0.00000576. The minimum absolute atomic E-state index is 0. The molecule has 0 unspecified atom stereocenters. The summed E-state index contributed by atoms with van der Waals surface area (Å²) in [5.41, 5.74) is 0. The number of hydrogen-bond donors (Lipinski definition) is 3. The molecule has 1 fully saturated rings. The van der Waals surface area contributed by atoms with Gasteiger partial charge < -0.3 is 24.8 Å². The van der Waals surface area contributed by atoms with E-state index in [2.05, 4.69) is 6.92 Å². The van der Waals surface area contributed by atoms with E-state index in [4.69, 9.17) is 9.47 Å². The van der Waals surface area contributed by atoms with Crippen molar-refractivity contribution in [2.24, 2.45) is 0 Å². The Hall–Kier alpha value is 0.109. The minimum Gasteiger partial charge on any atom is -0.463 e. The molecule has 0 spiro atoms. The maximum Gasteiger partial charge on any atom is 0.305 e. The van der Waals surface area contributed by atoms with E-state index in [0.29, 0.717) is 6.42 Å². The molecule has 6 nitrogen and oxygen atoms in total. The molecule has 1 aliphatic heterocycles. The molecule has 0 aliphatic carbocycles. The number of rotatable bonds is 13. The zero-order valence-corrected chi connectivity index (χ0v) is 18.2. The Morgan fingerprint density at radius 3 is 2.16 bits per heavy atom. The third-order valence-corrected chi connectivity index (χ3v) is 4.47. The van der Waals surface area contributed by atoms with Gasteiger partial charge in [-0.2, -0.15) is 0 Å². The van der Waals surface area contributed by atoms with Crippen molar-refractivity contribution in [2.45, 2.75) is 95.5 Å². The van der Waals surface area contributed by atoms with Gasteiger partial charge in [-0.15, -0.1) is 0 Å².